The highest BCUT2D eigenvalue weighted by Gasteiger charge is 2.16. The maximum Gasteiger partial charge on any atom is 0.163 e. The molecule has 25 heavy (non-hydrogen) atoms. The summed E-state index contributed by atoms with van der Waals surface area (Å²) in [5.74, 6) is 1.24. The lowest BCUT2D eigenvalue weighted by atomic mass is 10.0. The zero-order valence-electron chi connectivity index (χ0n) is 14.5. The van der Waals surface area contributed by atoms with Crippen molar-refractivity contribution in [1.82, 2.24) is 20.6 Å². The van der Waals surface area contributed by atoms with Gasteiger partial charge in [0.2, 0.25) is 0 Å². The lowest BCUT2D eigenvalue weighted by Crippen LogP contribution is -2.09. The van der Waals surface area contributed by atoms with Gasteiger partial charge in [-0.1, -0.05) is 13.3 Å². The zero-order chi connectivity index (χ0) is 18.2. The number of aromatic nitrogens is 4. The molecule has 1 aromatic heterocycles. The van der Waals surface area contributed by atoms with E-state index in [-0.39, 0.29) is 16.8 Å². The summed E-state index contributed by atoms with van der Waals surface area (Å²) in [6.45, 7) is 3.98. The molecule has 7 nitrogen and oxygen atoms in total. The summed E-state index contributed by atoms with van der Waals surface area (Å²) in [6.07, 6.45) is 3.86. The monoisotopic (exact) mass is 364 g/mol. The SMILES string of the molecule is CCCc1c(OCCCC(S)Cc2nnn[nH]2)ccc(C(C)=O)c1O. The van der Waals surface area contributed by atoms with Crippen molar-refractivity contribution in [3.05, 3.63) is 29.1 Å². The Kier molecular flexibility index (Phi) is 7.24. The van der Waals surface area contributed by atoms with Gasteiger partial charge in [-0.15, -0.1) is 5.10 Å². The number of thiol groups is 1. The zero-order valence-corrected chi connectivity index (χ0v) is 15.4. The third kappa shape index (κ3) is 5.45. The Morgan fingerprint density at radius 1 is 1.44 bits per heavy atom. The molecule has 1 aromatic carbocycles. The number of rotatable bonds is 10. The fraction of sp³-hybridized carbons (Fsp3) is 0.529. The molecule has 0 aliphatic rings. The van der Waals surface area contributed by atoms with Gasteiger partial charge in [0.25, 0.3) is 0 Å². The second-order valence-corrected chi connectivity index (χ2v) is 6.67. The van der Waals surface area contributed by atoms with E-state index >= 15 is 0 Å². The Hall–Kier alpha value is -2.09. The summed E-state index contributed by atoms with van der Waals surface area (Å²) in [4.78, 5) is 11.6. The summed E-state index contributed by atoms with van der Waals surface area (Å²) < 4.78 is 5.84. The molecule has 0 saturated carbocycles. The molecule has 1 atom stereocenters. The molecule has 0 spiro atoms. The van der Waals surface area contributed by atoms with Crippen LogP contribution >= 0.6 is 12.6 Å². The van der Waals surface area contributed by atoms with Crippen LogP contribution in [0.2, 0.25) is 0 Å². The smallest absolute Gasteiger partial charge is 0.163 e. The third-order valence-corrected chi connectivity index (χ3v) is 4.32. The maximum absolute atomic E-state index is 11.6. The predicted octanol–water partition coefficient (Wildman–Crippen LogP) is 2.76. The van der Waals surface area contributed by atoms with Crippen molar-refractivity contribution in [3.63, 3.8) is 0 Å². The molecule has 0 bridgehead atoms. The number of benzene rings is 1. The van der Waals surface area contributed by atoms with E-state index in [0.717, 1.165) is 25.1 Å². The molecule has 2 rings (SSSR count). The highest BCUT2D eigenvalue weighted by molar-refractivity contribution is 7.80. The number of tetrazole rings is 1. The van der Waals surface area contributed by atoms with E-state index in [1.54, 1.807) is 12.1 Å². The Morgan fingerprint density at radius 2 is 2.24 bits per heavy atom. The number of nitrogens with one attached hydrogen (secondary N) is 1. The van der Waals surface area contributed by atoms with Gasteiger partial charge in [0.05, 0.1) is 12.2 Å². The number of Topliss-reactive ketones (excluding diaryl/α,β-unsaturated/α-hetero) is 1. The second-order valence-electron chi connectivity index (χ2n) is 5.94. The first kappa shape index (κ1) is 19.2. The lowest BCUT2D eigenvalue weighted by Gasteiger charge is -2.15. The topological polar surface area (TPSA) is 101 Å². The molecule has 8 heteroatoms. The van der Waals surface area contributed by atoms with Crippen LogP contribution in [0.1, 0.15) is 54.9 Å². The molecule has 0 aliphatic carbocycles. The lowest BCUT2D eigenvalue weighted by molar-refractivity contribution is 0.101. The number of hydrogen-bond acceptors (Lipinski definition) is 7. The summed E-state index contributed by atoms with van der Waals surface area (Å²) in [7, 11) is 0. The van der Waals surface area contributed by atoms with E-state index in [0.29, 0.717) is 36.3 Å². The standard InChI is InChI=1S/C17H24N4O3S/c1-3-5-14-15(8-7-13(11(2)22)17(14)23)24-9-4-6-12(25)10-16-18-20-21-19-16/h7-8,12,23,25H,3-6,9-10H2,1-2H3,(H,18,19,20,21). The number of nitrogens with zero attached hydrogens (tertiary/aromatic N) is 3. The number of H-pyrrole nitrogens is 1. The second kappa shape index (κ2) is 9.41. The number of aromatic hydroxyl groups is 1. The number of aromatic amines is 1. The number of ether oxygens (including phenoxy) is 1. The van der Waals surface area contributed by atoms with Crippen LogP contribution in [-0.4, -0.2) is 43.4 Å². The average Bonchev–Trinajstić information content (AvgIpc) is 3.07. The van der Waals surface area contributed by atoms with Gasteiger partial charge in [-0.25, -0.2) is 5.10 Å². The molecule has 1 heterocycles. The van der Waals surface area contributed by atoms with Crippen molar-refractivity contribution >= 4 is 18.4 Å². The van der Waals surface area contributed by atoms with Gasteiger partial charge in [0, 0.05) is 17.2 Å². The Balaban J connectivity index is 1.89. The minimum absolute atomic E-state index is 0.0386. The summed E-state index contributed by atoms with van der Waals surface area (Å²) in [5, 5.41) is 24.1. The molecule has 0 radical (unpaired) electrons. The molecule has 0 amide bonds. The number of ketones is 1. The van der Waals surface area contributed by atoms with Crippen LogP contribution in [0.4, 0.5) is 0 Å². The molecule has 0 saturated heterocycles. The van der Waals surface area contributed by atoms with Gasteiger partial charge in [-0.05, 0) is 48.7 Å². The van der Waals surface area contributed by atoms with Crippen LogP contribution in [0.5, 0.6) is 11.5 Å². The molecule has 0 aliphatic heterocycles. The van der Waals surface area contributed by atoms with Gasteiger partial charge >= 0.3 is 0 Å². The van der Waals surface area contributed by atoms with Crippen LogP contribution in [0.15, 0.2) is 12.1 Å². The Labute approximate surface area is 152 Å². The van der Waals surface area contributed by atoms with E-state index < -0.39 is 0 Å². The maximum atomic E-state index is 11.6. The number of carbonyl (C=O) groups excluding carboxylic acids is 1. The van der Waals surface area contributed by atoms with E-state index in [9.17, 15) is 9.90 Å². The predicted molar refractivity (Wildman–Crippen MR) is 97.5 cm³/mol. The first-order valence-electron chi connectivity index (χ1n) is 8.42. The molecular weight excluding hydrogens is 340 g/mol. The highest BCUT2D eigenvalue weighted by atomic mass is 32.1. The van der Waals surface area contributed by atoms with Crippen LogP contribution in [0.3, 0.4) is 0 Å². The van der Waals surface area contributed by atoms with Crippen molar-refractivity contribution in [2.45, 2.75) is 51.2 Å². The number of hydrogen-bond donors (Lipinski definition) is 3. The molecule has 136 valence electrons. The Morgan fingerprint density at radius 3 is 2.88 bits per heavy atom. The molecule has 1 unspecified atom stereocenters. The van der Waals surface area contributed by atoms with Gasteiger partial charge in [0.15, 0.2) is 5.78 Å². The summed E-state index contributed by atoms with van der Waals surface area (Å²) in [6, 6.07) is 3.38. The fourth-order valence-electron chi connectivity index (χ4n) is 2.62. The van der Waals surface area contributed by atoms with Crippen molar-refractivity contribution in [2.75, 3.05) is 6.61 Å². The first-order chi connectivity index (χ1) is 12.0. The van der Waals surface area contributed by atoms with Crippen molar-refractivity contribution in [1.29, 1.82) is 0 Å². The first-order valence-corrected chi connectivity index (χ1v) is 8.93. The third-order valence-electron chi connectivity index (χ3n) is 3.88. The van der Waals surface area contributed by atoms with Crippen LogP contribution in [0, 0.1) is 0 Å². The van der Waals surface area contributed by atoms with Crippen molar-refractivity contribution in [2.24, 2.45) is 0 Å². The van der Waals surface area contributed by atoms with Gasteiger partial charge in [-0.3, -0.25) is 4.79 Å². The largest absolute Gasteiger partial charge is 0.507 e. The van der Waals surface area contributed by atoms with Gasteiger partial charge in [-0.2, -0.15) is 12.6 Å². The van der Waals surface area contributed by atoms with E-state index in [2.05, 4.69) is 33.3 Å². The highest BCUT2D eigenvalue weighted by Crippen LogP contribution is 2.33. The van der Waals surface area contributed by atoms with Crippen molar-refractivity contribution < 1.29 is 14.6 Å². The van der Waals surface area contributed by atoms with Gasteiger partial charge < -0.3 is 9.84 Å². The molecule has 0 fully saturated rings. The fourth-order valence-corrected chi connectivity index (χ4v) is 2.98. The van der Waals surface area contributed by atoms with Crippen LogP contribution in [-0.2, 0) is 12.8 Å². The molecule has 2 aromatic rings. The average molecular weight is 364 g/mol. The number of phenolic OH excluding ortho intramolecular Hbond substituents is 1. The van der Waals surface area contributed by atoms with E-state index in [1.807, 2.05) is 6.92 Å². The molecule has 2 N–H and O–H groups in total. The minimum Gasteiger partial charge on any atom is -0.507 e. The number of phenols is 1. The van der Waals surface area contributed by atoms with Gasteiger partial charge in [0.1, 0.15) is 17.3 Å². The van der Waals surface area contributed by atoms with Crippen molar-refractivity contribution in [3.8, 4) is 11.5 Å². The van der Waals surface area contributed by atoms with E-state index in [4.69, 9.17) is 4.74 Å². The van der Waals surface area contributed by atoms with Crippen LogP contribution < -0.4 is 4.74 Å². The quantitative estimate of drug-likeness (QED) is 0.340. The minimum atomic E-state index is -0.152. The van der Waals surface area contributed by atoms with E-state index in [1.165, 1.54) is 6.92 Å². The Bertz CT molecular complexity index is 691. The summed E-state index contributed by atoms with van der Waals surface area (Å²) in [5.41, 5.74) is 1.04. The van der Waals surface area contributed by atoms with Crippen LogP contribution in [0.25, 0.3) is 0 Å². The molecular formula is C17H24N4O3S. The number of carbonyl (C=O) groups is 1. The normalized spacial score (nSPS) is 12.1. The summed E-state index contributed by atoms with van der Waals surface area (Å²) >= 11 is 4.53.